The van der Waals surface area contributed by atoms with Crippen LogP contribution >= 0.6 is 0 Å². The van der Waals surface area contributed by atoms with Gasteiger partial charge in [-0.15, -0.1) is 10.2 Å². The number of benzene rings is 2. The summed E-state index contributed by atoms with van der Waals surface area (Å²) in [5, 5.41) is 12.1. The lowest BCUT2D eigenvalue weighted by molar-refractivity contribution is -0.105. The van der Waals surface area contributed by atoms with Crippen LogP contribution < -0.4 is 10.2 Å². The summed E-state index contributed by atoms with van der Waals surface area (Å²) in [4.78, 5) is 13.1. The van der Waals surface area contributed by atoms with Crippen molar-refractivity contribution in [1.82, 2.24) is 10.2 Å². The molecule has 0 saturated heterocycles. The predicted octanol–water partition coefficient (Wildman–Crippen LogP) is 2.58. The number of thiol groups is 1. The monoisotopic (exact) mass is 396 g/mol. The molecular formula is C20H20N4O3S. The van der Waals surface area contributed by atoms with E-state index in [4.69, 9.17) is 0 Å². The van der Waals surface area contributed by atoms with E-state index in [-0.39, 0.29) is 5.75 Å². The SMILES string of the molecule is CN(c1c(NC=O)nnc2cc(-c3ccc(C[SH](=O)=O)cc3)ccc12)C1CC1. The highest BCUT2D eigenvalue weighted by molar-refractivity contribution is 7.71. The number of hydrogen-bond acceptors (Lipinski definition) is 6. The van der Waals surface area contributed by atoms with Crippen molar-refractivity contribution in [3.63, 3.8) is 0 Å². The van der Waals surface area contributed by atoms with E-state index in [1.807, 2.05) is 49.5 Å². The van der Waals surface area contributed by atoms with Crippen molar-refractivity contribution in [2.45, 2.75) is 24.6 Å². The Labute approximate surface area is 164 Å². The van der Waals surface area contributed by atoms with Crippen LogP contribution in [0, 0.1) is 0 Å². The Balaban J connectivity index is 1.75. The molecule has 3 aromatic rings. The van der Waals surface area contributed by atoms with Gasteiger partial charge in [-0.1, -0.05) is 30.3 Å². The van der Waals surface area contributed by atoms with Crippen molar-refractivity contribution in [3.05, 3.63) is 48.0 Å². The van der Waals surface area contributed by atoms with Crippen molar-refractivity contribution in [2.24, 2.45) is 0 Å². The first-order valence-electron chi connectivity index (χ1n) is 9.01. The molecule has 0 radical (unpaired) electrons. The molecular weight excluding hydrogens is 376 g/mol. The van der Waals surface area contributed by atoms with Gasteiger partial charge in [0.05, 0.1) is 17.0 Å². The molecule has 1 N–H and O–H groups in total. The van der Waals surface area contributed by atoms with E-state index >= 15 is 0 Å². The van der Waals surface area contributed by atoms with Crippen LogP contribution in [0.1, 0.15) is 18.4 Å². The lowest BCUT2D eigenvalue weighted by atomic mass is 10.0. The summed E-state index contributed by atoms with van der Waals surface area (Å²) in [6, 6.07) is 13.9. The van der Waals surface area contributed by atoms with E-state index < -0.39 is 10.7 Å². The Morgan fingerprint density at radius 3 is 2.46 bits per heavy atom. The van der Waals surface area contributed by atoms with Gasteiger partial charge in [-0.2, -0.15) is 0 Å². The summed E-state index contributed by atoms with van der Waals surface area (Å²) < 4.78 is 21.7. The van der Waals surface area contributed by atoms with Crippen molar-refractivity contribution < 1.29 is 13.2 Å². The molecule has 1 aliphatic carbocycles. The van der Waals surface area contributed by atoms with E-state index in [1.165, 1.54) is 0 Å². The fraction of sp³-hybridized carbons (Fsp3) is 0.250. The average Bonchev–Trinajstić information content (AvgIpc) is 3.53. The number of aromatic nitrogens is 2. The smallest absolute Gasteiger partial charge is 0.212 e. The minimum atomic E-state index is -2.43. The van der Waals surface area contributed by atoms with Gasteiger partial charge in [0.2, 0.25) is 6.41 Å². The van der Waals surface area contributed by atoms with Gasteiger partial charge in [-0.25, -0.2) is 8.42 Å². The Kier molecular flexibility index (Phi) is 4.95. The van der Waals surface area contributed by atoms with Gasteiger partial charge < -0.3 is 10.2 Å². The highest BCUT2D eigenvalue weighted by Gasteiger charge is 2.29. The van der Waals surface area contributed by atoms with E-state index in [0.29, 0.717) is 18.3 Å². The fourth-order valence-electron chi connectivity index (χ4n) is 3.38. The summed E-state index contributed by atoms with van der Waals surface area (Å²) in [6.07, 6.45) is 2.87. The maximum absolute atomic E-state index is 11.0. The van der Waals surface area contributed by atoms with Crippen LogP contribution in [-0.4, -0.2) is 38.1 Å². The fourth-order valence-corrected chi connectivity index (χ4v) is 3.89. The molecule has 1 heterocycles. The molecule has 0 spiro atoms. The Bertz CT molecular complexity index is 1100. The highest BCUT2D eigenvalue weighted by atomic mass is 32.2. The molecule has 144 valence electrons. The predicted molar refractivity (Wildman–Crippen MR) is 110 cm³/mol. The Hall–Kier alpha value is -3.00. The maximum atomic E-state index is 11.0. The molecule has 0 bridgehead atoms. The first kappa shape index (κ1) is 18.4. The number of carbonyl (C=O) groups is 1. The first-order valence-corrected chi connectivity index (χ1v) is 10.4. The largest absolute Gasteiger partial charge is 0.368 e. The van der Waals surface area contributed by atoms with Gasteiger partial charge in [-0.05, 0) is 41.7 Å². The second-order valence-corrected chi connectivity index (χ2v) is 7.90. The van der Waals surface area contributed by atoms with E-state index in [2.05, 4.69) is 20.4 Å². The highest BCUT2D eigenvalue weighted by Crippen LogP contribution is 2.38. The van der Waals surface area contributed by atoms with Crippen LogP contribution in [0.4, 0.5) is 11.5 Å². The second kappa shape index (κ2) is 7.55. The average molecular weight is 396 g/mol. The van der Waals surface area contributed by atoms with Gasteiger partial charge in [0.25, 0.3) is 0 Å². The van der Waals surface area contributed by atoms with Gasteiger partial charge in [0.1, 0.15) is 10.7 Å². The standard InChI is InChI=1S/C20H20N4O3S/c1-24(16-7-8-16)19-17-9-6-15(10-18(17)22-23-20(19)21-12-25)14-4-2-13(3-5-14)11-28(26)27/h2-6,9-10,12,16,28H,7-8,11H2,1H3,(H,21,23,25). The zero-order valence-corrected chi connectivity index (χ0v) is 16.2. The van der Waals surface area contributed by atoms with Crippen molar-refractivity contribution >= 4 is 39.5 Å². The Morgan fingerprint density at radius 2 is 1.82 bits per heavy atom. The number of carbonyl (C=O) groups excluding carboxylic acids is 1. The van der Waals surface area contributed by atoms with Crippen LogP contribution in [0.3, 0.4) is 0 Å². The number of anilines is 2. The summed E-state index contributed by atoms with van der Waals surface area (Å²) in [7, 11) is -0.423. The molecule has 1 amide bonds. The normalized spacial score (nSPS) is 13.6. The molecule has 0 aliphatic heterocycles. The van der Waals surface area contributed by atoms with Crippen molar-refractivity contribution in [3.8, 4) is 11.1 Å². The number of nitrogens with zero attached hydrogens (tertiary/aromatic N) is 3. The van der Waals surface area contributed by atoms with Gasteiger partial charge in [0, 0.05) is 18.5 Å². The summed E-state index contributed by atoms with van der Waals surface area (Å²) in [6.45, 7) is 0. The van der Waals surface area contributed by atoms with E-state index in [0.717, 1.165) is 46.1 Å². The number of rotatable bonds is 7. The van der Waals surface area contributed by atoms with Crippen LogP contribution in [0.2, 0.25) is 0 Å². The van der Waals surface area contributed by atoms with Crippen LogP contribution in [0.5, 0.6) is 0 Å². The van der Waals surface area contributed by atoms with Crippen LogP contribution in [0.15, 0.2) is 42.5 Å². The van der Waals surface area contributed by atoms with Gasteiger partial charge >= 0.3 is 0 Å². The third kappa shape index (κ3) is 3.68. The van der Waals surface area contributed by atoms with Gasteiger partial charge in [-0.3, -0.25) is 4.79 Å². The molecule has 1 aromatic heterocycles. The molecule has 4 rings (SSSR count). The molecule has 1 saturated carbocycles. The summed E-state index contributed by atoms with van der Waals surface area (Å²) >= 11 is 0. The zero-order chi connectivity index (χ0) is 19.7. The third-order valence-corrected chi connectivity index (χ3v) is 5.60. The summed E-state index contributed by atoms with van der Waals surface area (Å²) in [5.41, 5.74) is 4.32. The molecule has 1 fully saturated rings. The van der Waals surface area contributed by atoms with Crippen LogP contribution in [-0.2, 0) is 21.3 Å². The second-order valence-electron chi connectivity index (χ2n) is 6.92. The number of hydrogen-bond donors (Lipinski definition) is 2. The molecule has 28 heavy (non-hydrogen) atoms. The Morgan fingerprint density at radius 1 is 1.11 bits per heavy atom. The van der Waals surface area contributed by atoms with Crippen LogP contribution in [0.25, 0.3) is 22.0 Å². The minimum Gasteiger partial charge on any atom is -0.368 e. The minimum absolute atomic E-state index is 0.0438. The lowest BCUT2D eigenvalue weighted by Crippen LogP contribution is -2.22. The number of amides is 1. The molecule has 1 aliphatic rings. The summed E-state index contributed by atoms with van der Waals surface area (Å²) in [5.74, 6) is 0.503. The maximum Gasteiger partial charge on any atom is 0.212 e. The lowest BCUT2D eigenvalue weighted by Gasteiger charge is -2.22. The molecule has 2 aromatic carbocycles. The molecule has 7 nitrogen and oxygen atoms in total. The van der Waals surface area contributed by atoms with Crippen molar-refractivity contribution in [1.29, 1.82) is 0 Å². The van der Waals surface area contributed by atoms with Crippen molar-refractivity contribution in [2.75, 3.05) is 17.3 Å². The third-order valence-electron chi connectivity index (χ3n) is 4.98. The number of fused-ring (bicyclic) bond motifs is 1. The number of nitrogens with one attached hydrogen (secondary N) is 1. The topological polar surface area (TPSA) is 92.3 Å². The molecule has 8 heteroatoms. The van der Waals surface area contributed by atoms with E-state index in [1.54, 1.807) is 0 Å². The van der Waals surface area contributed by atoms with Gasteiger partial charge in [0.15, 0.2) is 5.82 Å². The quantitative estimate of drug-likeness (QED) is 0.471. The van der Waals surface area contributed by atoms with E-state index in [9.17, 15) is 13.2 Å². The molecule has 0 unspecified atom stereocenters. The molecule has 0 atom stereocenters. The first-order chi connectivity index (χ1) is 13.6. The zero-order valence-electron chi connectivity index (χ0n) is 15.3.